The van der Waals surface area contributed by atoms with Crippen molar-refractivity contribution >= 4 is 29.3 Å². The van der Waals surface area contributed by atoms with E-state index in [9.17, 15) is 9.59 Å². The van der Waals surface area contributed by atoms with Crippen LogP contribution in [0.25, 0.3) is 11.4 Å². The van der Waals surface area contributed by atoms with Crippen LogP contribution in [0.5, 0.6) is 0 Å². The Hall–Kier alpha value is -3.13. The Balaban J connectivity index is 1.30. The summed E-state index contributed by atoms with van der Waals surface area (Å²) in [6.45, 7) is 6.05. The molecule has 2 aromatic carbocycles. The molecule has 3 aromatic rings. The molecule has 7 nitrogen and oxygen atoms in total. The molecule has 1 saturated heterocycles. The zero-order valence-electron chi connectivity index (χ0n) is 18.4. The SMILES string of the molecule is CCn1c(SCC(=O)NCc2ccc(N3CCCC3=O)cc2)nnc1-c1ccc(C)cc1. The second-order valence-corrected chi connectivity index (χ2v) is 8.74. The molecular formula is C24H27N5O2S. The van der Waals surface area contributed by atoms with Crippen LogP contribution in [0, 0.1) is 6.92 Å². The second kappa shape index (κ2) is 9.99. The summed E-state index contributed by atoms with van der Waals surface area (Å²) in [5.74, 6) is 1.20. The fraction of sp³-hybridized carbons (Fsp3) is 0.333. The standard InChI is InChI=1S/C24H27N5O2S/c1-3-28-23(19-10-6-17(2)7-11-19)26-27-24(28)32-16-21(30)25-15-18-8-12-20(13-9-18)29-14-4-5-22(29)31/h6-13H,3-5,14-16H2,1-2H3,(H,25,30). The third-order valence-electron chi connectivity index (χ3n) is 5.49. The quantitative estimate of drug-likeness (QED) is 0.529. The number of anilines is 1. The number of aromatic nitrogens is 3. The Bertz CT molecular complexity index is 1090. The number of thioether (sulfide) groups is 1. The van der Waals surface area contributed by atoms with Gasteiger partial charge in [0.25, 0.3) is 0 Å². The van der Waals surface area contributed by atoms with Gasteiger partial charge in [0.2, 0.25) is 11.8 Å². The van der Waals surface area contributed by atoms with E-state index in [2.05, 4.69) is 34.6 Å². The molecule has 0 radical (unpaired) electrons. The van der Waals surface area contributed by atoms with E-state index in [1.165, 1.54) is 17.3 Å². The second-order valence-electron chi connectivity index (χ2n) is 7.80. The van der Waals surface area contributed by atoms with Crippen molar-refractivity contribution in [2.24, 2.45) is 0 Å². The highest BCUT2D eigenvalue weighted by Crippen LogP contribution is 2.24. The lowest BCUT2D eigenvalue weighted by Gasteiger charge is -2.16. The summed E-state index contributed by atoms with van der Waals surface area (Å²) in [5, 5.41) is 12.3. The van der Waals surface area contributed by atoms with Crippen molar-refractivity contribution in [3.8, 4) is 11.4 Å². The summed E-state index contributed by atoms with van der Waals surface area (Å²) < 4.78 is 2.03. The molecule has 2 amide bonds. The first-order valence-electron chi connectivity index (χ1n) is 10.8. The van der Waals surface area contributed by atoms with Crippen LogP contribution >= 0.6 is 11.8 Å². The molecule has 0 aliphatic carbocycles. The van der Waals surface area contributed by atoms with Crippen LogP contribution in [0.1, 0.15) is 30.9 Å². The first-order valence-corrected chi connectivity index (χ1v) is 11.8. The zero-order chi connectivity index (χ0) is 22.5. The van der Waals surface area contributed by atoms with Crippen molar-refractivity contribution in [2.75, 3.05) is 17.2 Å². The molecule has 1 aromatic heterocycles. The highest BCUT2D eigenvalue weighted by atomic mass is 32.2. The Morgan fingerprint density at radius 3 is 2.50 bits per heavy atom. The van der Waals surface area contributed by atoms with E-state index < -0.39 is 0 Å². The predicted molar refractivity (Wildman–Crippen MR) is 126 cm³/mol. The van der Waals surface area contributed by atoms with Gasteiger partial charge in [0.1, 0.15) is 0 Å². The molecule has 166 valence electrons. The summed E-state index contributed by atoms with van der Waals surface area (Å²) in [6.07, 6.45) is 1.53. The highest BCUT2D eigenvalue weighted by Gasteiger charge is 2.21. The van der Waals surface area contributed by atoms with E-state index in [4.69, 9.17) is 0 Å². The topological polar surface area (TPSA) is 80.1 Å². The van der Waals surface area contributed by atoms with E-state index in [1.807, 2.05) is 52.8 Å². The van der Waals surface area contributed by atoms with Crippen molar-refractivity contribution in [3.63, 3.8) is 0 Å². The van der Waals surface area contributed by atoms with Crippen LogP contribution in [-0.2, 0) is 22.7 Å². The summed E-state index contributed by atoms with van der Waals surface area (Å²) in [5.41, 5.74) is 4.13. The van der Waals surface area contributed by atoms with Crippen molar-refractivity contribution in [3.05, 3.63) is 59.7 Å². The number of nitrogens with zero attached hydrogens (tertiary/aromatic N) is 4. The van der Waals surface area contributed by atoms with Gasteiger partial charge in [-0.15, -0.1) is 10.2 Å². The van der Waals surface area contributed by atoms with Crippen LogP contribution in [0.4, 0.5) is 5.69 Å². The molecule has 1 aliphatic rings. The maximum Gasteiger partial charge on any atom is 0.230 e. The average Bonchev–Trinajstić information content (AvgIpc) is 3.43. The molecule has 0 saturated carbocycles. The highest BCUT2D eigenvalue weighted by molar-refractivity contribution is 7.99. The van der Waals surface area contributed by atoms with Crippen molar-refractivity contribution in [1.29, 1.82) is 0 Å². The lowest BCUT2D eigenvalue weighted by molar-refractivity contribution is -0.119. The molecule has 4 rings (SSSR count). The molecule has 0 spiro atoms. The fourth-order valence-electron chi connectivity index (χ4n) is 3.69. The van der Waals surface area contributed by atoms with Crippen LogP contribution in [0.3, 0.4) is 0 Å². The van der Waals surface area contributed by atoms with Gasteiger partial charge < -0.3 is 14.8 Å². The number of nitrogens with one attached hydrogen (secondary N) is 1. The Morgan fingerprint density at radius 2 is 1.84 bits per heavy atom. The smallest absolute Gasteiger partial charge is 0.230 e. The maximum atomic E-state index is 12.4. The van der Waals surface area contributed by atoms with Crippen LogP contribution in [0.2, 0.25) is 0 Å². The monoisotopic (exact) mass is 449 g/mol. The number of amides is 2. The van der Waals surface area contributed by atoms with Crippen LogP contribution in [0.15, 0.2) is 53.7 Å². The van der Waals surface area contributed by atoms with Gasteiger partial charge in [-0.1, -0.05) is 53.7 Å². The largest absolute Gasteiger partial charge is 0.351 e. The summed E-state index contributed by atoms with van der Waals surface area (Å²) >= 11 is 1.39. The van der Waals surface area contributed by atoms with Gasteiger partial charge in [0, 0.05) is 37.3 Å². The van der Waals surface area contributed by atoms with Crippen LogP contribution < -0.4 is 10.2 Å². The van der Waals surface area contributed by atoms with Gasteiger partial charge in [-0.2, -0.15) is 0 Å². The number of hydrogen-bond acceptors (Lipinski definition) is 5. The van der Waals surface area contributed by atoms with E-state index in [0.717, 1.165) is 47.3 Å². The first-order chi connectivity index (χ1) is 15.5. The normalized spacial score (nSPS) is 13.6. The minimum absolute atomic E-state index is 0.0589. The number of rotatable bonds is 8. The Kier molecular flexibility index (Phi) is 6.90. The lowest BCUT2D eigenvalue weighted by Crippen LogP contribution is -2.25. The molecule has 8 heteroatoms. The van der Waals surface area contributed by atoms with Gasteiger partial charge >= 0.3 is 0 Å². The average molecular weight is 450 g/mol. The molecule has 1 aliphatic heterocycles. The number of carbonyl (C=O) groups excluding carboxylic acids is 2. The number of hydrogen-bond donors (Lipinski definition) is 1. The minimum Gasteiger partial charge on any atom is -0.351 e. The van der Waals surface area contributed by atoms with Gasteiger partial charge in [-0.25, -0.2) is 0 Å². The van der Waals surface area contributed by atoms with E-state index in [1.54, 1.807) is 0 Å². The third-order valence-corrected chi connectivity index (χ3v) is 6.45. The zero-order valence-corrected chi connectivity index (χ0v) is 19.2. The third kappa shape index (κ3) is 5.02. The van der Waals surface area contributed by atoms with E-state index in [-0.39, 0.29) is 17.6 Å². The molecule has 2 heterocycles. The Labute approximate surface area is 192 Å². The van der Waals surface area contributed by atoms with Gasteiger partial charge in [-0.3, -0.25) is 9.59 Å². The summed E-state index contributed by atoms with van der Waals surface area (Å²) in [4.78, 5) is 26.1. The number of benzene rings is 2. The molecule has 0 unspecified atom stereocenters. The summed E-state index contributed by atoms with van der Waals surface area (Å²) in [7, 11) is 0. The minimum atomic E-state index is -0.0589. The van der Waals surface area contributed by atoms with Crippen molar-refractivity contribution in [1.82, 2.24) is 20.1 Å². The lowest BCUT2D eigenvalue weighted by atomic mass is 10.1. The molecule has 32 heavy (non-hydrogen) atoms. The fourth-order valence-corrected chi connectivity index (χ4v) is 4.53. The first kappa shape index (κ1) is 22.1. The van der Waals surface area contributed by atoms with Gasteiger partial charge in [0.05, 0.1) is 5.75 Å². The van der Waals surface area contributed by atoms with Gasteiger partial charge in [0.15, 0.2) is 11.0 Å². The van der Waals surface area contributed by atoms with E-state index in [0.29, 0.717) is 13.0 Å². The maximum absolute atomic E-state index is 12.4. The molecule has 0 bridgehead atoms. The van der Waals surface area contributed by atoms with Crippen molar-refractivity contribution < 1.29 is 9.59 Å². The van der Waals surface area contributed by atoms with Crippen LogP contribution in [-0.4, -0.2) is 38.9 Å². The molecular weight excluding hydrogens is 422 g/mol. The molecule has 0 atom stereocenters. The Morgan fingerprint density at radius 1 is 1.09 bits per heavy atom. The molecule has 1 fully saturated rings. The van der Waals surface area contributed by atoms with E-state index >= 15 is 0 Å². The van der Waals surface area contributed by atoms with Gasteiger partial charge in [-0.05, 0) is 38.0 Å². The summed E-state index contributed by atoms with van der Waals surface area (Å²) in [6, 6.07) is 16.0. The molecule has 1 N–H and O–H groups in total. The van der Waals surface area contributed by atoms with Crippen molar-refractivity contribution in [2.45, 2.75) is 44.9 Å². The number of aryl methyl sites for hydroxylation is 1. The predicted octanol–water partition coefficient (Wildman–Crippen LogP) is 3.81. The number of carbonyl (C=O) groups is 2.